The smallest absolute Gasteiger partial charge is 0.316 e. The molecule has 0 heterocycles. The second-order valence-corrected chi connectivity index (χ2v) is 7.68. The summed E-state index contributed by atoms with van der Waals surface area (Å²) in [6.45, 7) is 3.40. The van der Waals surface area contributed by atoms with E-state index >= 15 is 0 Å². The van der Waals surface area contributed by atoms with Crippen LogP contribution in [-0.4, -0.2) is 30.4 Å². The molecule has 0 aliphatic heterocycles. The molecule has 0 saturated heterocycles. The molecule has 4 heteroatoms. The van der Waals surface area contributed by atoms with Crippen molar-refractivity contribution in [3.8, 4) is 0 Å². The van der Waals surface area contributed by atoms with Gasteiger partial charge >= 0.3 is 5.97 Å². The van der Waals surface area contributed by atoms with E-state index in [0.717, 1.165) is 24.8 Å². The Bertz CT molecular complexity index is 813. The highest BCUT2D eigenvalue weighted by Gasteiger charge is 2.33. The van der Waals surface area contributed by atoms with Crippen LogP contribution in [0.1, 0.15) is 49.4 Å². The van der Waals surface area contributed by atoms with Crippen molar-refractivity contribution in [1.29, 1.82) is 0 Å². The number of carbonyl (C=O) groups is 2. The third-order valence-corrected chi connectivity index (χ3v) is 5.53. The molecule has 1 unspecified atom stereocenters. The topological polar surface area (TPSA) is 46.6 Å². The first-order valence-corrected chi connectivity index (χ1v) is 9.47. The molecule has 2 aromatic carbocycles. The van der Waals surface area contributed by atoms with Gasteiger partial charge in [-0.1, -0.05) is 54.6 Å². The van der Waals surface area contributed by atoms with E-state index in [2.05, 4.69) is 12.1 Å². The number of aryl methyl sites for hydroxylation is 1. The Kier molecular flexibility index (Phi) is 5.64. The van der Waals surface area contributed by atoms with E-state index in [0.29, 0.717) is 0 Å². The van der Waals surface area contributed by atoms with Gasteiger partial charge < -0.3 is 9.64 Å². The maximum atomic E-state index is 12.7. The minimum Gasteiger partial charge on any atom is -0.455 e. The fraction of sp³-hybridized carbons (Fsp3) is 0.391. The Morgan fingerprint density at radius 2 is 1.74 bits per heavy atom. The number of nitrogens with zero attached hydrogens (tertiary/aromatic N) is 1. The van der Waals surface area contributed by atoms with Crippen LogP contribution in [0.25, 0.3) is 0 Å². The van der Waals surface area contributed by atoms with Gasteiger partial charge in [0.05, 0.1) is 11.5 Å². The lowest BCUT2D eigenvalue weighted by Gasteiger charge is -2.33. The van der Waals surface area contributed by atoms with E-state index in [1.165, 1.54) is 11.1 Å². The zero-order valence-electron chi connectivity index (χ0n) is 16.3. The van der Waals surface area contributed by atoms with Crippen molar-refractivity contribution in [3.63, 3.8) is 0 Å². The van der Waals surface area contributed by atoms with Crippen LogP contribution in [0.5, 0.6) is 0 Å². The summed E-state index contributed by atoms with van der Waals surface area (Å²) in [7, 11) is 1.80. The lowest BCUT2D eigenvalue weighted by atomic mass is 9.85. The van der Waals surface area contributed by atoms with Crippen LogP contribution < -0.4 is 0 Å². The Hall–Kier alpha value is -2.62. The van der Waals surface area contributed by atoms with Crippen molar-refractivity contribution in [3.05, 3.63) is 71.3 Å². The van der Waals surface area contributed by atoms with E-state index < -0.39 is 5.41 Å². The van der Waals surface area contributed by atoms with Gasteiger partial charge in [-0.15, -0.1) is 0 Å². The van der Waals surface area contributed by atoms with Crippen molar-refractivity contribution in [2.24, 2.45) is 0 Å². The largest absolute Gasteiger partial charge is 0.455 e. The van der Waals surface area contributed by atoms with E-state index in [-0.39, 0.29) is 24.5 Å². The molecular formula is C23H27NO3. The number of rotatable bonds is 5. The molecule has 0 aromatic heterocycles. The average molecular weight is 365 g/mol. The zero-order valence-corrected chi connectivity index (χ0v) is 16.3. The predicted molar refractivity (Wildman–Crippen MR) is 105 cm³/mol. The number of benzene rings is 2. The summed E-state index contributed by atoms with van der Waals surface area (Å²) in [6, 6.07) is 17.8. The van der Waals surface area contributed by atoms with Gasteiger partial charge in [-0.05, 0) is 49.8 Å². The monoisotopic (exact) mass is 365 g/mol. The summed E-state index contributed by atoms with van der Waals surface area (Å²) in [5.41, 5.74) is 2.58. The highest BCUT2D eigenvalue weighted by molar-refractivity contribution is 5.85. The molecule has 0 radical (unpaired) electrons. The Balaban J connectivity index is 1.63. The number of hydrogen-bond acceptors (Lipinski definition) is 3. The second kappa shape index (κ2) is 7.95. The highest BCUT2D eigenvalue weighted by Crippen LogP contribution is 2.33. The highest BCUT2D eigenvalue weighted by atomic mass is 16.5. The number of ether oxygens (including phenoxy) is 1. The van der Waals surface area contributed by atoms with Crippen molar-refractivity contribution in [1.82, 2.24) is 4.90 Å². The quantitative estimate of drug-likeness (QED) is 0.751. The van der Waals surface area contributed by atoms with Crippen LogP contribution in [0.2, 0.25) is 0 Å². The van der Waals surface area contributed by atoms with Gasteiger partial charge in [-0.2, -0.15) is 0 Å². The maximum absolute atomic E-state index is 12.7. The first-order valence-electron chi connectivity index (χ1n) is 9.47. The SMILES string of the molecule is CN(C(=O)COC(=O)C(C)(C)c1ccccc1)C1CCCc2ccccc21. The molecule has 3 rings (SSSR count). The first-order chi connectivity index (χ1) is 12.9. The summed E-state index contributed by atoms with van der Waals surface area (Å²) in [5.74, 6) is -0.562. The minimum atomic E-state index is -0.794. The van der Waals surface area contributed by atoms with Crippen molar-refractivity contribution < 1.29 is 14.3 Å². The van der Waals surface area contributed by atoms with Gasteiger partial charge in [0, 0.05) is 7.05 Å². The summed E-state index contributed by atoms with van der Waals surface area (Å²) in [6.07, 6.45) is 3.04. The fourth-order valence-corrected chi connectivity index (χ4v) is 3.69. The third kappa shape index (κ3) is 4.05. The Morgan fingerprint density at radius 3 is 2.48 bits per heavy atom. The van der Waals surface area contributed by atoms with Gasteiger partial charge in [-0.25, -0.2) is 0 Å². The van der Waals surface area contributed by atoms with Crippen LogP contribution in [0, 0.1) is 0 Å². The van der Waals surface area contributed by atoms with E-state index in [9.17, 15) is 9.59 Å². The molecule has 1 atom stereocenters. The number of fused-ring (bicyclic) bond motifs is 1. The lowest BCUT2D eigenvalue weighted by Crippen LogP contribution is -2.38. The molecular weight excluding hydrogens is 338 g/mol. The predicted octanol–water partition coefficient (Wildman–Crippen LogP) is 4.04. The van der Waals surface area contributed by atoms with Crippen LogP contribution in [0.3, 0.4) is 0 Å². The van der Waals surface area contributed by atoms with E-state index in [4.69, 9.17) is 4.74 Å². The molecule has 1 amide bonds. The number of likely N-dealkylation sites (N-methyl/N-ethyl adjacent to an activating group) is 1. The molecule has 1 aliphatic carbocycles. The third-order valence-electron chi connectivity index (χ3n) is 5.53. The molecule has 0 bridgehead atoms. The van der Waals surface area contributed by atoms with E-state index in [1.54, 1.807) is 11.9 Å². The van der Waals surface area contributed by atoms with Crippen LogP contribution in [-0.2, 0) is 26.2 Å². The molecule has 0 spiro atoms. The summed E-state index contributed by atoms with van der Waals surface area (Å²) < 4.78 is 5.39. The summed E-state index contributed by atoms with van der Waals surface area (Å²) in [5, 5.41) is 0. The van der Waals surface area contributed by atoms with Gasteiger partial charge in [0.1, 0.15) is 0 Å². The van der Waals surface area contributed by atoms with Crippen LogP contribution in [0.15, 0.2) is 54.6 Å². The van der Waals surface area contributed by atoms with Crippen molar-refractivity contribution in [2.75, 3.05) is 13.7 Å². The number of carbonyl (C=O) groups excluding carboxylic acids is 2. The molecule has 0 N–H and O–H groups in total. The standard InChI is InChI=1S/C23H27NO3/c1-23(2,18-12-5-4-6-13-18)22(26)27-16-21(25)24(3)20-15-9-11-17-10-7-8-14-19(17)20/h4-8,10,12-14,20H,9,11,15-16H2,1-3H3. The average Bonchev–Trinajstić information content (AvgIpc) is 2.71. The second-order valence-electron chi connectivity index (χ2n) is 7.68. The van der Waals surface area contributed by atoms with Crippen molar-refractivity contribution >= 4 is 11.9 Å². The number of esters is 1. The van der Waals surface area contributed by atoms with Gasteiger partial charge in [0.2, 0.25) is 0 Å². The summed E-state index contributed by atoms with van der Waals surface area (Å²) in [4.78, 5) is 27.0. The first kappa shape index (κ1) is 19.2. The van der Waals surface area contributed by atoms with Crippen LogP contribution in [0.4, 0.5) is 0 Å². The molecule has 27 heavy (non-hydrogen) atoms. The van der Waals surface area contributed by atoms with Gasteiger partial charge in [-0.3, -0.25) is 9.59 Å². The van der Waals surface area contributed by atoms with E-state index in [1.807, 2.05) is 56.3 Å². The Morgan fingerprint density at radius 1 is 1.07 bits per heavy atom. The maximum Gasteiger partial charge on any atom is 0.316 e. The molecule has 2 aromatic rings. The zero-order chi connectivity index (χ0) is 19.4. The normalized spacial score (nSPS) is 16.3. The van der Waals surface area contributed by atoms with Gasteiger partial charge in [0.25, 0.3) is 5.91 Å². The minimum absolute atomic E-state index is 0.0447. The lowest BCUT2D eigenvalue weighted by molar-refractivity contribution is -0.156. The van der Waals surface area contributed by atoms with Gasteiger partial charge in [0.15, 0.2) is 6.61 Å². The summed E-state index contributed by atoms with van der Waals surface area (Å²) >= 11 is 0. The van der Waals surface area contributed by atoms with Crippen LogP contribution >= 0.6 is 0 Å². The number of amides is 1. The number of hydrogen-bond donors (Lipinski definition) is 0. The molecule has 142 valence electrons. The molecule has 0 saturated carbocycles. The fourth-order valence-electron chi connectivity index (χ4n) is 3.69. The Labute approximate surface area is 161 Å². The molecule has 1 aliphatic rings. The molecule has 0 fully saturated rings. The van der Waals surface area contributed by atoms with Crippen molar-refractivity contribution in [2.45, 2.75) is 44.6 Å². The molecule has 4 nitrogen and oxygen atoms in total.